The fourth-order valence-corrected chi connectivity index (χ4v) is 1.72. The lowest BCUT2D eigenvalue weighted by Gasteiger charge is -2.12. The Morgan fingerprint density at radius 3 is 2.57 bits per heavy atom. The van der Waals surface area contributed by atoms with Crippen LogP contribution in [0.4, 0.5) is 29.1 Å². The van der Waals surface area contributed by atoms with E-state index in [1.165, 1.54) is 6.20 Å². The van der Waals surface area contributed by atoms with Gasteiger partial charge in [-0.25, -0.2) is 9.37 Å². The molecule has 0 saturated carbocycles. The van der Waals surface area contributed by atoms with E-state index >= 15 is 0 Å². The van der Waals surface area contributed by atoms with E-state index in [0.717, 1.165) is 0 Å². The monoisotopic (exact) mass is 295 g/mol. The van der Waals surface area contributed by atoms with Crippen molar-refractivity contribution in [3.05, 3.63) is 53.0 Å². The van der Waals surface area contributed by atoms with Crippen molar-refractivity contribution in [3.8, 4) is 6.07 Å². The van der Waals surface area contributed by atoms with Gasteiger partial charge in [0.05, 0.1) is 16.8 Å². The second-order valence-corrected chi connectivity index (χ2v) is 4.28. The summed E-state index contributed by atoms with van der Waals surface area (Å²) in [5.41, 5.74) is -0.645. The highest BCUT2D eigenvalue weighted by Crippen LogP contribution is 2.33. The number of alkyl halides is 3. The van der Waals surface area contributed by atoms with Gasteiger partial charge in [0.2, 0.25) is 0 Å². The Hall–Kier alpha value is -2.62. The minimum atomic E-state index is -4.58. The van der Waals surface area contributed by atoms with Crippen LogP contribution in [0, 0.1) is 24.1 Å². The predicted molar refractivity (Wildman–Crippen MR) is 68.4 cm³/mol. The average molecular weight is 295 g/mol. The summed E-state index contributed by atoms with van der Waals surface area (Å²) >= 11 is 0. The second-order valence-electron chi connectivity index (χ2n) is 4.28. The molecule has 1 aromatic carbocycles. The second kappa shape index (κ2) is 5.40. The first kappa shape index (κ1) is 14.8. The van der Waals surface area contributed by atoms with Gasteiger partial charge in [-0.15, -0.1) is 0 Å². The van der Waals surface area contributed by atoms with E-state index in [4.69, 9.17) is 5.26 Å². The molecular formula is C14H9F4N3. The van der Waals surface area contributed by atoms with Crippen molar-refractivity contribution in [1.82, 2.24) is 4.98 Å². The first-order valence-electron chi connectivity index (χ1n) is 5.82. The summed E-state index contributed by atoms with van der Waals surface area (Å²) in [7, 11) is 0. The van der Waals surface area contributed by atoms with Crippen molar-refractivity contribution in [2.24, 2.45) is 0 Å². The molecule has 7 heteroatoms. The zero-order valence-corrected chi connectivity index (χ0v) is 10.8. The largest absolute Gasteiger partial charge is 0.416 e. The van der Waals surface area contributed by atoms with Crippen molar-refractivity contribution < 1.29 is 17.6 Å². The van der Waals surface area contributed by atoms with E-state index in [9.17, 15) is 17.6 Å². The van der Waals surface area contributed by atoms with E-state index in [0.29, 0.717) is 23.8 Å². The van der Waals surface area contributed by atoms with Gasteiger partial charge in [-0.2, -0.15) is 18.4 Å². The third-order valence-corrected chi connectivity index (χ3v) is 2.82. The number of aryl methyl sites for hydroxylation is 1. The van der Waals surface area contributed by atoms with Crippen LogP contribution in [0.25, 0.3) is 0 Å². The summed E-state index contributed by atoms with van der Waals surface area (Å²) in [5.74, 6) is -0.856. The first-order chi connectivity index (χ1) is 9.82. The van der Waals surface area contributed by atoms with Crippen molar-refractivity contribution in [1.29, 1.82) is 5.26 Å². The first-order valence-corrected chi connectivity index (χ1v) is 5.82. The topological polar surface area (TPSA) is 48.7 Å². The Morgan fingerprint density at radius 1 is 1.24 bits per heavy atom. The third kappa shape index (κ3) is 3.11. The number of anilines is 2. The summed E-state index contributed by atoms with van der Waals surface area (Å²) in [4.78, 5) is 3.86. The molecule has 1 aromatic heterocycles. The number of rotatable bonds is 2. The number of pyridine rings is 1. The average Bonchev–Trinajstić information content (AvgIpc) is 2.40. The number of benzene rings is 1. The highest BCUT2D eigenvalue weighted by atomic mass is 19.4. The molecule has 0 aliphatic heterocycles. The van der Waals surface area contributed by atoms with Crippen LogP contribution in [0.2, 0.25) is 0 Å². The van der Waals surface area contributed by atoms with Gasteiger partial charge in [-0.3, -0.25) is 0 Å². The van der Waals surface area contributed by atoms with Crippen LogP contribution in [0.15, 0.2) is 30.5 Å². The van der Waals surface area contributed by atoms with Crippen LogP contribution < -0.4 is 5.32 Å². The minimum Gasteiger partial charge on any atom is -0.337 e. The maximum Gasteiger partial charge on any atom is 0.416 e. The molecule has 21 heavy (non-hydrogen) atoms. The fourth-order valence-electron chi connectivity index (χ4n) is 1.72. The number of hydrogen-bond acceptors (Lipinski definition) is 3. The Morgan fingerprint density at radius 2 is 1.95 bits per heavy atom. The number of nitrogens with zero attached hydrogens (tertiary/aromatic N) is 2. The van der Waals surface area contributed by atoms with Crippen LogP contribution in [0.1, 0.15) is 16.7 Å². The quantitative estimate of drug-likeness (QED) is 0.846. The zero-order chi connectivity index (χ0) is 15.6. The van der Waals surface area contributed by atoms with E-state index in [1.807, 2.05) is 6.07 Å². The van der Waals surface area contributed by atoms with Crippen molar-refractivity contribution in [2.75, 3.05) is 5.32 Å². The predicted octanol–water partition coefficient (Wildman–Crippen LogP) is 4.16. The summed E-state index contributed by atoms with van der Waals surface area (Å²) in [6, 6.07) is 5.46. The molecule has 0 radical (unpaired) electrons. The third-order valence-electron chi connectivity index (χ3n) is 2.82. The lowest BCUT2D eigenvalue weighted by molar-refractivity contribution is -0.137. The number of nitrogens with one attached hydrogen (secondary N) is 1. The SMILES string of the molecule is Cc1ccnc(Nc2cc(C(F)(F)F)ccc2F)c1C#N. The number of nitriles is 1. The number of hydrogen-bond donors (Lipinski definition) is 1. The van der Waals surface area contributed by atoms with Crippen LogP contribution >= 0.6 is 0 Å². The lowest BCUT2D eigenvalue weighted by atomic mass is 10.1. The van der Waals surface area contributed by atoms with Crippen LogP contribution in [-0.2, 0) is 6.18 Å². The molecule has 1 N–H and O–H groups in total. The van der Waals surface area contributed by atoms with Crippen LogP contribution in [-0.4, -0.2) is 4.98 Å². The van der Waals surface area contributed by atoms with Crippen LogP contribution in [0.3, 0.4) is 0 Å². The van der Waals surface area contributed by atoms with Gasteiger partial charge < -0.3 is 5.32 Å². The van der Waals surface area contributed by atoms with E-state index in [2.05, 4.69) is 10.3 Å². The molecule has 0 fully saturated rings. The molecule has 0 amide bonds. The molecule has 2 rings (SSSR count). The molecular weight excluding hydrogens is 286 g/mol. The highest BCUT2D eigenvalue weighted by molar-refractivity contribution is 5.65. The summed E-state index contributed by atoms with van der Waals surface area (Å²) in [5, 5.41) is 11.5. The lowest BCUT2D eigenvalue weighted by Crippen LogP contribution is -2.07. The van der Waals surface area contributed by atoms with Gasteiger partial charge in [0.25, 0.3) is 0 Å². The molecule has 0 spiro atoms. The van der Waals surface area contributed by atoms with Crippen molar-refractivity contribution in [2.45, 2.75) is 13.1 Å². The molecule has 1 heterocycles. The smallest absolute Gasteiger partial charge is 0.337 e. The molecule has 0 saturated heterocycles. The Balaban J connectivity index is 2.46. The molecule has 0 bridgehead atoms. The normalized spacial score (nSPS) is 11.0. The molecule has 0 unspecified atom stereocenters. The fraction of sp³-hybridized carbons (Fsp3) is 0.143. The van der Waals surface area contributed by atoms with Crippen LogP contribution in [0.5, 0.6) is 0 Å². The Kier molecular flexibility index (Phi) is 3.80. The van der Waals surface area contributed by atoms with E-state index in [-0.39, 0.29) is 17.1 Å². The van der Waals surface area contributed by atoms with Crippen molar-refractivity contribution >= 4 is 11.5 Å². The summed E-state index contributed by atoms with van der Waals surface area (Å²) in [6.07, 6.45) is -3.20. The molecule has 3 nitrogen and oxygen atoms in total. The molecule has 0 aliphatic rings. The number of halogens is 4. The van der Waals surface area contributed by atoms with Gasteiger partial charge in [0, 0.05) is 6.20 Å². The standard InChI is InChI=1S/C14H9F4N3/c1-8-4-5-20-13(10(8)7-19)21-12-6-9(14(16,17)18)2-3-11(12)15/h2-6H,1H3,(H,20,21). The Bertz CT molecular complexity index is 717. The van der Waals surface area contributed by atoms with Gasteiger partial charge in [0.15, 0.2) is 0 Å². The van der Waals surface area contributed by atoms with Gasteiger partial charge in [-0.1, -0.05) is 0 Å². The Labute approximate surface area is 117 Å². The van der Waals surface area contributed by atoms with Crippen molar-refractivity contribution in [3.63, 3.8) is 0 Å². The zero-order valence-electron chi connectivity index (χ0n) is 10.8. The van der Waals surface area contributed by atoms with E-state index < -0.39 is 17.6 Å². The maximum absolute atomic E-state index is 13.6. The van der Waals surface area contributed by atoms with Gasteiger partial charge in [0.1, 0.15) is 17.7 Å². The molecule has 0 aliphatic carbocycles. The minimum absolute atomic E-state index is 0.00993. The van der Waals surface area contributed by atoms with E-state index in [1.54, 1.807) is 13.0 Å². The molecule has 0 atom stereocenters. The maximum atomic E-state index is 13.6. The molecule has 108 valence electrons. The van der Waals surface area contributed by atoms with Gasteiger partial charge in [-0.05, 0) is 36.8 Å². The van der Waals surface area contributed by atoms with Gasteiger partial charge >= 0.3 is 6.18 Å². The summed E-state index contributed by atoms with van der Waals surface area (Å²) in [6.45, 7) is 1.65. The number of aromatic nitrogens is 1. The molecule has 2 aromatic rings. The highest BCUT2D eigenvalue weighted by Gasteiger charge is 2.31. The summed E-state index contributed by atoms with van der Waals surface area (Å²) < 4.78 is 51.5.